The maximum absolute atomic E-state index is 13.9. The molecule has 0 aliphatic carbocycles. The Balaban J connectivity index is 0.799. The molecule has 11 nitrogen and oxygen atoms in total. The lowest BCUT2D eigenvalue weighted by molar-refractivity contribution is -0.164. The van der Waals surface area contributed by atoms with Crippen LogP contribution in [0.3, 0.4) is 0 Å². The summed E-state index contributed by atoms with van der Waals surface area (Å²) in [6.07, 6.45) is 1.86. The third-order valence-electron chi connectivity index (χ3n) is 12.4. The van der Waals surface area contributed by atoms with Crippen LogP contribution in [0.4, 0.5) is 0 Å². The number of fused-ring (bicyclic) bond motifs is 1. The molecule has 1 aliphatic rings. The number of nitrogens with one attached hydrogen (secondary N) is 2. The van der Waals surface area contributed by atoms with Crippen molar-refractivity contribution in [3.8, 4) is 11.5 Å². The standard InChI is InChI=1S/C55H55N3O8/c59-49(43-21-18-39(19-22-43)33-56-34-51(61)47-23-26-50(60)53-48(47)24-27-52(62)57-53)25-20-38-14-16-41(17-15-38)36-65-46-13-7-12-45(32-46)55(64,44-10-5-2-6-11-44)54(63)66-37-42-28-30-58(31-29-42)35-40-8-3-1-4-9-40/h1-19,21-24,26-27,32,42,51,56,60-61,64H,20,25,28-31,33-37H2,(H,57,62)/t51-,55-/m0/s1. The number of piperidine rings is 1. The number of carbonyl (C=O) groups is 2. The van der Waals surface area contributed by atoms with Gasteiger partial charge in [0.25, 0.3) is 0 Å². The molecule has 6 aromatic carbocycles. The first kappa shape index (κ1) is 45.7. The van der Waals surface area contributed by atoms with Crippen LogP contribution in [0.25, 0.3) is 10.9 Å². The van der Waals surface area contributed by atoms with E-state index in [2.05, 4.69) is 39.5 Å². The number of hydrogen-bond donors (Lipinski definition) is 5. The largest absolute Gasteiger partial charge is 0.506 e. The molecular formula is C55H55N3O8. The number of aromatic amines is 1. The fourth-order valence-electron chi connectivity index (χ4n) is 8.54. The Morgan fingerprint density at radius 1 is 0.758 bits per heavy atom. The molecule has 1 aromatic heterocycles. The monoisotopic (exact) mass is 885 g/mol. The molecule has 0 amide bonds. The number of hydrogen-bond acceptors (Lipinski definition) is 10. The number of likely N-dealkylation sites (tertiary alicyclic amines) is 1. The van der Waals surface area contributed by atoms with E-state index in [1.807, 2.05) is 60.7 Å². The number of aliphatic hydroxyl groups is 2. The highest BCUT2D eigenvalue weighted by Gasteiger charge is 2.42. The number of esters is 1. The van der Waals surface area contributed by atoms with Gasteiger partial charge in [-0.25, -0.2) is 4.79 Å². The summed E-state index contributed by atoms with van der Waals surface area (Å²) in [5, 5.41) is 37.0. The van der Waals surface area contributed by atoms with Crippen molar-refractivity contribution in [2.24, 2.45) is 5.92 Å². The first-order chi connectivity index (χ1) is 32.1. The van der Waals surface area contributed by atoms with Gasteiger partial charge in [0.15, 0.2) is 5.78 Å². The smallest absolute Gasteiger partial charge is 0.347 e. The number of phenols is 1. The number of ketones is 1. The van der Waals surface area contributed by atoms with Gasteiger partial charge in [-0.15, -0.1) is 0 Å². The average molecular weight is 886 g/mol. The summed E-state index contributed by atoms with van der Waals surface area (Å²) in [6, 6.07) is 47.6. The van der Waals surface area contributed by atoms with E-state index in [1.54, 1.807) is 60.7 Å². The number of phenolic OH excluding ortho intramolecular Hbond substituents is 1. The van der Waals surface area contributed by atoms with E-state index in [0.717, 1.165) is 49.2 Å². The summed E-state index contributed by atoms with van der Waals surface area (Å²) >= 11 is 0. The van der Waals surface area contributed by atoms with Crippen molar-refractivity contribution < 1.29 is 34.4 Å². The molecule has 0 radical (unpaired) electrons. The highest BCUT2D eigenvalue weighted by molar-refractivity contribution is 5.96. The van der Waals surface area contributed by atoms with E-state index in [9.17, 15) is 29.7 Å². The van der Waals surface area contributed by atoms with E-state index in [4.69, 9.17) is 9.47 Å². The van der Waals surface area contributed by atoms with Gasteiger partial charge in [0.1, 0.15) is 18.1 Å². The van der Waals surface area contributed by atoms with Crippen LogP contribution in [0, 0.1) is 5.92 Å². The molecule has 66 heavy (non-hydrogen) atoms. The minimum atomic E-state index is -2.03. The lowest BCUT2D eigenvalue weighted by Gasteiger charge is -2.33. The number of nitrogens with zero attached hydrogens (tertiary/aromatic N) is 1. The molecule has 5 N–H and O–H groups in total. The van der Waals surface area contributed by atoms with E-state index in [0.29, 0.717) is 52.8 Å². The predicted octanol–water partition coefficient (Wildman–Crippen LogP) is 8.14. The van der Waals surface area contributed by atoms with Gasteiger partial charge in [-0.1, -0.05) is 127 Å². The second-order valence-electron chi connectivity index (χ2n) is 17.1. The SMILES string of the molecule is O=C(CCc1ccc(COc2cccc([C@](O)(C(=O)OCC3CCN(Cc4ccccc4)CC3)c3ccccc3)c2)cc1)c1ccc(CNC[C@H](O)c2ccc(O)c3[nH]c(=O)ccc23)cc1. The highest BCUT2D eigenvalue weighted by atomic mass is 16.5. The number of aromatic hydroxyl groups is 1. The molecule has 11 heteroatoms. The van der Waals surface area contributed by atoms with Crippen LogP contribution < -0.4 is 15.6 Å². The number of aromatic nitrogens is 1. The summed E-state index contributed by atoms with van der Waals surface area (Å²) in [5.74, 6) is -0.0314. The number of aryl methyl sites for hydroxylation is 1. The Kier molecular flexibility index (Phi) is 14.8. The molecule has 1 fully saturated rings. The molecule has 0 unspecified atom stereocenters. The lowest BCUT2D eigenvalue weighted by atomic mass is 9.86. The van der Waals surface area contributed by atoms with Crippen molar-refractivity contribution in [1.29, 1.82) is 0 Å². The molecule has 2 heterocycles. The first-order valence-electron chi connectivity index (χ1n) is 22.5. The fourth-order valence-corrected chi connectivity index (χ4v) is 8.54. The first-order valence-corrected chi connectivity index (χ1v) is 22.5. The van der Waals surface area contributed by atoms with Gasteiger partial charge in [0, 0.05) is 48.6 Å². The van der Waals surface area contributed by atoms with E-state index in [1.165, 1.54) is 17.7 Å². The van der Waals surface area contributed by atoms with Crippen LogP contribution >= 0.6 is 0 Å². The van der Waals surface area contributed by atoms with Gasteiger partial charge < -0.3 is 35.1 Å². The minimum absolute atomic E-state index is 0.0358. The van der Waals surface area contributed by atoms with Gasteiger partial charge in [0.2, 0.25) is 11.2 Å². The van der Waals surface area contributed by atoms with Gasteiger partial charge in [-0.2, -0.15) is 0 Å². The zero-order valence-corrected chi connectivity index (χ0v) is 36.8. The summed E-state index contributed by atoms with van der Waals surface area (Å²) in [6.45, 7) is 3.96. The average Bonchev–Trinajstić information content (AvgIpc) is 3.36. The number of pyridine rings is 1. The Morgan fingerprint density at radius 2 is 1.44 bits per heavy atom. The second kappa shape index (κ2) is 21.4. The topological polar surface area (TPSA) is 161 Å². The van der Waals surface area contributed by atoms with Crippen molar-refractivity contribution in [1.82, 2.24) is 15.2 Å². The number of aliphatic hydroxyl groups excluding tert-OH is 1. The molecule has 2 atom stereocenters. The van der Waals surface area contributed by atoms with Crippen molar-refractivity contribution in [2.75, 3.05) is 26.2 Å². The molecule has 0 bridgehead atoms. The zero-order valence-electron chi connectivity index (χ0n) is 36.8. The number of ether oxygens (including phenoxy) is 2. The number of Topliss-reactive ketones (excluding diaryl/α,β-unsaturated/α-hetero) is 1. The molecule has 0 spiro atoms. The number of benzene rings is 6. The molecular weight excluding hydrogens is 831 g/mol. The van der Waals surface area contributed by atoms with E-state index in [-0.39, 0.29) is 48.3 Å². The Labute approximate surface area is 384 Å². The van der Waals surface area contributed by atoms with Gasteiger partial charge >= 0.3 is 5.97 Å². The predicted molar refractivity (Wildman–Crippen MR) is 254 cm³/mol. The maximum atomic E-state index is 13.9. The second-order valence-corrected chi connectivity index (χ2v) is 17.1. The number of carbonyl (C=O) groups excluding carboxylic acids is 2. The third-order valence-corrected chi connectivity index (χ3v) is 12.4. The quantitative estimate of drug-likeness (QED) is 0.0396. The van der Waals surface area contributed by atoms with Crippen molar-refractivity contribution >= 4 is 22.7 Å². The normalized spacial score (nSPS) is 14.6. The highest BCUT2D eigenvalue weighted by Crippen LogP contribution is 2.34. The summed E-state index contributed by atoms with van der Waals surface area (Å²) in [7, 11) is 0. The van der Waals surface area contributed by atoms with Crippen LogP contribution in [0.5, 0.6) is 11.5 Å². The van der Waals surface area contributed by atoms with Crippen LogP contribution in [0.1, 0.15) is 74.7 Å². The van der Waals surface area contributed by atoms with Crippen LogP contribution in [-0.2, 0) is 41.2 Å². The molecule has 0 saturated carbocycles. The van der Waals surface area contributed by atoms with Crippen LogP contribution in [-0.4, -0.2) is 63.2 Å². The summed E-state index contributed by atoms with van der Waals surface area (Å²) in [5.41, 5.74) is 4.09. The van der Waals surface area contributed by atoms with Crippen molar-refractivity contribution in [3.05, 3.63) is 213 Å². The minimum Gasteiger partial charge on any atom is -0.506 e. The van der Waals surface area contributed by atoms with Gasteiger partial charge in [-0.3, -0.25) is 14.5 Å². The van der Waals surface area contributed by atoms with Gasteiger partial charge in [0.05, 0.1) is 18.2 Å². The van der Waals surface area contributed by atoms with E-state index >= 15 is 0 Å². The van der Waals surface area contributed by atoms with E-state index < -0.39 is 17.7 Å². The molecule has 1 aliphatic heterocycles. The Bertz CT molecular complexity index is 2770. The zero-order chi connectivity index (χ0) is 45.9. The Hall–Kier alpha value is -6.89. The number of rotatable bonds is 19. The van der Waals surface area contributed by atoms with Crippen LogP contribution in [0.2, 0.25) is 0 Å². The Morgan fingerprint density at radius 3 is 2.18 bits per heavy atom. The molecule has 1 saturated heterocycles. The van der Waals surface area contributed by atoms with Crippen LogP contribution in [0.15, 0.2) is 163 Å². The third kappa shape index (κ3) is 11.3. The summed E-state index contributed by atoms with van der Waals surface area (Å²) < 4.78 is 12.1. The molecule has 7 aromatic rings. The van der Waals surface area contributed by atoms with Crippen molar-refractivity contribution in [2.45, 2.75) is 57.1 Å². The molecule has 8 rings (SSSR count). The lowest BCUT2D eigenvalue weighted by Crippen LogP contribution is -2.40. The fraction of sp³-hybridized carbons (Fsp3) is 0.255. The van der Waals surface area contributed by atoms with Crippen molar-refractivity contribution in [3.63, 3.8) is 0 Å². The summed E-state index contributed by atoms with van der Waals surface area (Å²) in [4.78, 5) is 43.8. The number of H-pyrrole nitrogens is 1. The molecule has 338 valence electrons. The maximum Gasteiger partial charge on any atom is 0.347 e. The van der Waals surface area contributed by atoms with Gasteiger partial charge in [-0.05, 0) is 95.9 Å².